The number of nitrogens with two attached hydrogens (primary N) is 1. The fourth-order valence-electron chi connectivity index (χ4n) is 4.24. The molecule has 158 valence electrons. The van der Waals surface area contributed by atoms with Gasteiger partial charge in [-0.1, -0.05) is 36.4 Å². The van der Waals surface area contributed by atoms with Crippen LogP contribution in [0.1, 0.15) is 29.2 Å². The van der Waals surface area contributed by atoms with Crippen LogP contribution in [0.2, 0.25) is 0 Å². The van der Waals surface area contributed by atoms with Crippen LogP contribution in [0.4, 0.5) is 9.18 Å². The molecular weight excluding hydrogens is 391 g/mol. The van der Waals surface area contributed by atoms with Gasteiger partial charge in [0.2, 0.25) is 0 Å². The molecule has 3 N–H and O–H groups in total. The van der Waals surface area contributed by atoms with Crippen molar-refractivity contribution in [2.45, 2.75) is 37.2 Å². The van der Waals surface area contributed by atoms with Crippen molar-refractivity contribution in [3.63, 3.8) is 0 Å². The third-order valence-electron chi connectivity index (χ3n) is 5.65. The van der Waals surface area contributed by atoms with Gasteiger partial charge >= 0.3 is 6.09 Å². The van der Waals surface area contributed by atoms with E-state index in [4.69, 9.17) is 15.2 Å². The van der Waals surface area contributed by atoms with Crippen LogP contribution in [-0.4, -0.2) is 53.5 Å². The first kappa shape index (κ1) is 20.3. The average molecular weight is 414 g/mol. The number of halogens is 1. The molecule has 0 saturated carbocycles. The second kappa shape index (κ2) is 8.41. The molecule has 7 nitrogen and oxygen atoms in total. The highest BCUT2D eigenvalue weighted by atomic mass is 19.1. The van der Waals surface area contributed by atoms with Crippen LogP contribution >= 0.6 is 0 Å². The Kier molecular flexibility index (Phi) is 5.69. The topological polar surface area (TPSA) is 102 Å². The second-order valence-corrected chi connectivity index (χ2v) is 7.48. The zero-order valence-electron chi connectivity index (χ0n) is 16.2. The van der Waals surface area contributed by atoms with Crippen molar-refractivity contribution >= 4 is 12.0 Å². The maximum Gasteiger partial charge on any atom is 0.404 e. The van der Waals surface area contributed by atoms with Gasteiger partial charge < -0.3 is 25.2 Å². The number of carbonyl (C=O) groups excluding carboxylic acids is 2. The predicted octanol–water partition coefficient (Wildman–Crippen LogP) is 1.91. The highest BCUT2D eigenvalue weighted by molar-refractivity contribution is 5.83. The molecule has 2 aliphatic heterocycles. The third kappa shape index (κ3) is 3.88. The van der Waals surface area contributed by atoms with Crippen LogP contribution in [0.3, 0.4) is 0 Å². The Morgan fingerprint density at radius 1 is 1.17 bits per heavy atom. The number of hydrogen-bond acceptors (Lipinski definition) is 5. The largest absolute Gasteiger partial charge is 0.443 e. The van der Waals surface area contributed by atoms with E-state index in [1.807, 2.05) is 24.3 Å². The van der Waals surface area contributed by atoms with Gasteiger partial charge in [-0.05, 0) is 35.2 Å². The van der Waals surface area contributed by atoms with Crippen molar-refractivity contribution in [3.05, 3.63) is 71.0 Å². The Hall–Kier alpha value is -2.97. The molecule has 4 rings (SSSR count). The first-order chi connectivity index (χ1) is 14.5. The van der Waals surface area contributed by atoms with E-state index in [9.17, 15) is 19.1 Å². The summed E-state index contributed by atoms with van der Waals surface area (Å²) in [5, 5.41) is 10.6. The summed E-state index contributed by atoms with van der Waals surface area (Å²) < 4.78 is 24.0. The van der Waals surface area contributed by atoms with Gasteiger partial charge in [0, 0.05) is 13.0 Å². The molecule has 0 radical (unpaired) electrons. The lowest BCUT2D eigenvalue weighted by Crippen LogP contribution is -2.56. The monoisotopic (exact) mass is 414 g/mol. The number of rotatable bonds is 3. The zero-order valence-corrected chi connectivity index (χ0v) is 16.2. The molecule has 4 atom stereocenters. The molecule has 0 aliphatic carbocycles. The normalized spacial score (nSPS) is 26.0. The van der Waals surface area contributed by atoms with Crippen LogP contribution < -0.4 is 5.73 Å². The van der Waals surface area contributed by atoms with Crippen molar-refractivity contribution < 1.29 is 28.6 Å². The Balaban J connectivity index is 1.67. The second-order valence-electron chi connectivity index (χ2n) is 7.48. The average Bonchev–Trinajstić information content (AvgIpc) is 2.74. The number of benzene rings is 2. The molecule has 1 fully saturated rings. The van der Waals surface area contributed by atoms with Crippen molar-refractivity contribution in [1.82, 2.24) is 4.90 Å². The lowest BCUT2D eigenvalue weighted by atomic mass is 9.87. The Morgan fingerprint density at radius 2 is 1.90 bits per heavy atom. The van der Waals surface area contributed by atoms with Gasteiger partial charge in [0.25, 0.3) is 5.91 Å². The van der Waals surface area contributed by atoms with Crippen molar-refractivity contribution in [2.24, 2.45) is 5.73 Å². The van der Waals surface area contributed by atoms with Crippen LogP contribution in [0.15, 0.2) is 48.5 Å². The Morgan fingerprint density at radius 3 is 2.63 bits per heavy atom. The molecule has 1 saturated heterocycles. The quantitative estimate of drug-likeness (QED) is 0.799. The molecule has 8 heteroatoms. The molecule has 1 unspecified atom stereocenters. The standard InChI is InChI=1S/C22H23FN2O5/c23-15-7-5-14(6-8-15)18-16-4-2-1-3-13(16)9-11-25(18)21(27)20-19(26)17(10-12-29-20)30-22(24)28/h1-8,17-20,26H,9-12H2,(H2,24,28)/t17-,18-,19?,20-/m0/s1. The van der Waals surface area contributed by atoms with Crippen molar-refractivity contribution in [2.75, 3.05) is 13.2 Å². The highest BCUT2D eigenvalue weighted by Gasteiger charge is 2.44. The number of hydrogen-bond donors (Lipinski definition) is 2. The van der Waals surface area contributed by atoms with Crippen molar-refractivity contribution in [3.8, 4) is 0 Å². The van der Waals surface area contributed by atoms with Crippen LogP contribution in [0.5, 0.6) is 0 Å². The van der Waals surface area contributed by atoms with Gasteiger partial charge in [-0.2, -0.15) is 0 Å². The number of aliphatic hydroxyl groups excluding tert-OH is 1. The molecule has 0 bridgehead atoms. The summed E-state index contributed by atoms with van der Waals surface area (Å²) in [7, 11) is 0. The van der Waals surface area contributed by atoms with Gasteiger partial charge in [-0.15, -0.1) is 0 Å². The van der Waals surface area contributed by atoms with Crippen molar-refractivity contribution in [1.29, 1.82) is 0 Å². The highest BCUT2D eigenvalue weighted by Crippen LogP contribution is 2.36. The summed E-state index contributed by atoms with van der Waals surface area (Å²) in [5.74, 6) is -0.776. The fraction of sp³-hybridized carbons (Fsp3) is 0.364. The van der Waals surface area contributed by atoms with E-state index >= 15 is 0 Å². The lowest BCUT2D eigenvalue weighted by molar-refractivity contribution is -0.173. The third-order valence-corrected chi connectivity index (χ3v) is 5.65. The van der Waals surface area contributed by atoms with E-state index < -0.39 is 36.4 Å². The van der Waals surface area contributed by atoms with Crippen LogP contribution in [0.25, 0.3) is 0 Å². The molecule has 2 aliphatic rings. The number of amides is 2. The summed E-state index contributed by atoms with van der Waals surface area (Å²) in [6, 6.07) is 13.4. The van der Waals surface area contributed by atoms with E-state index in [-0.39, 0.29) is 18.8 Å². The van der Waals surface area contributed by atoms with Crippen LogP contribution in [-0.2, 0) is 20.7 Å². The zero-order chi connectivity index (χ0) is 21.3. The van der Waals surface area contributed by atoms with E-state index in [2.05, 4.69) is 0 Å². The lowest BCUT2D eigenvalue weighted by Gasteiger charge is -2.42. The summed E-state index contributed by atoms with van der Waals surface area (Å²) in [6.45, 7) is 0.558. The minimum Gasteiger partial charge on any atom is -0.443 e. The number of carbonyl (C=O) groups is 2. The number of ether oxygens (including phenoxy) is 2. The summed E-state index contributed by atoms with van der Waals surface area (Å²) in [5.41, 5.74) is 7.88. The minimum atomic E-state index is -1.33. The minimum absolute atomic E-state index is 0.150. The molecule has 2 aromatic carbocycles. The Labute approximate surface area is 173 Å². The molecule has 0 spiro atoms. The molecule has 30 heavy (non-hydrogen) atoms. The van der Waals surface area contributed by atoms with E-state index in [0.717, 1.165) is 16.7 Å². The van der Waals surface area contributed by atoms with Gasteiger partial charge in [0.15, 0.2) is 6.10 Å². The molecule has 2 amide bonds. The Bertz CT molecular complexity index is 935. The molecule has 0 aromatic heterocycles. The first-order valence-corrected chi connectivity index (χ1v) is 9.85. The van der Waals surface area contributed by atoms with Gasteiger partial charge in [-0.3, -0.25) is 4.79 Å². The van der Waals surface area contributed by atoms with Gasteiger partial charge in [0.1, 0.15) is 18.0 Å². The summed E-state index contributed by atoms with van der Waals surface area (Å²) >= 11 is 0. The number of fused-ring (bicyclic) bond motifs is 1. The number of primary amides is 1. The maximum atomic E-state index is 13.5. The first-order valence-electron chi connectivity index (χ1n) is 9.85. The predicted molar refractivity (Wildman–Crippen MR) is 105 cm³/mol. The smallest absolute Gasteiger partial charge is 0.404 e. The van der Waals surface area contributed by atoms with Gasteiger partial charge in [-0.25, -0.2) is 9.18 Å². The van der Waals surface area contributed by atoms with E-state index in [1.165, 1.54) is 12.1 Å². The van der Waals surface area contributed by atoms with Crippen LogP contribution in [0, 0.1) is 5.82 Å². The summed E-state index contributed by atoms with van der Waals surface area (Å²) in [6.07, 6.45) is -3.54. The number of nitrogens with zero attached hydrogens (tertiary/aromatic N) is 1. The van der Waals surface area contributed by atoms with Gasteiger partial charge in [0.05, 0.1) is 12.6 Å². The molecule has 2 heterocycles. The fourth-order valence-corrected chi connectivity index (χ4v) is 4.24. The van der Waals surface area contributed by atoms with E-state index in [0.29, 0.717) is 13.0 Å². The molecule has 2 aromatic rings. The SMILES string of the molecule is NC(=O)O[C@H]1CCO[C@H](C(=O)N2CCc3ccccc3[C@@H]2c2ccc(F)cc2)C1O. The summed E-state index contributed by atoms with van der Waals surface area (Å²) in [4.78, 5) is 26.2. The maximum absolute atomic E-state index is 13.5. The number of aliphatic hydroxyl groups is 1. The molecular formula is C22H23FN2O5. The van der Waals surface area contributed by atoms with E-state index in [1.54, 1.807) is 17.0 Å².